The standard InChI is InChI=1S/C10H8BrN3O2S3/c11-8-5-13-10(18-8)14-19(15,16)7-3-1-6(2-4-7)9(12)17/h1-5H,(H2,12,17)(H,13,14). The monoisotopic (exact) mass is 377 g/mol. The SMILES string of the molecule is NC(=S)c1ccc(S(=O)(=O)Nc2ncc(Br)s2)cc1. The molecule has 0 unspecified atom stereocenters. The fraction of sp³-hybridized carbons (Fsp3) is 0. The molecule has 9 heteroatoms. The molecule has 0 aliphatic rings. The fourth-order valence-electron chi connectivity index (χ4n) is 1.27. The van der Waals surface area contributed by atoms with Crippen molar-refractivity contribution in [2.75, 3.05) is 4.72 Å². The smallest absolute Gasteiger partial charge is 0.263 e. The predicted octanol–water partition coefficient (Wildman–Crippen LogP) is 2.34. The Morgan fingerprint density at radius 3 is 2.47 bits per heavy atom. The number of hydrogen-bond acceptors (Lipinski definition) is 5. The van der Waals surface area contributed by atoms with Gasteiger partial charge in [0.05, 0.1) is 14.9 Å². The number of sulfonamides is 1. The van der Waals surface area contributed by atoms with Crippen LogP contribution in [-0.2, 0) is 10.0 Å². The summed E-state index contributed by atoms with van der Waals surface area (Å²) in [4.78, 5) is 4.26. The maximum Gasteiger partial charge on any atom is 0.263 e. The lowest BCUT2D eigenvalue weighted by Gasteiger charge is -2.05. The second-order valence-corrected chi connectivity index (χ2v) is 8.00. The number of thiocarbonyl (C=S) groups is 1. The first-order valence-corrected chi connectivity index (χ1v) is 8.42. The number of thiazole rings is 1. The van der Waals surface area contributed by atoms with Crippen LogP contribution < -0.4 is 10.5 Å². The molecule has 0 aliphatic carbocycles. The van der Waals surface area contributed by atoms with Crippen molar-refractivity contribution in [1.82, 2.24) is 4.98 Å². The van der Waals surface area contributed by atoms with Gasteiger partial charge in [0.1, 0.15) is 4.99 Å². The molecule has 0 fully saturated rings. The second-order valence-electron chi connectivity index (χ2n) is 3.46. The normalized spacial score (nSPS) is 11.2. The molecule has 0 radical (unpaired) electrons. The summed E-state index contributed by atoms with van der Waals surface area (Å²) in [6, 6.07) is 6.02. The predicted molar refractivity (Wildman–Crippen MR) is 83.0 cm³/mol. The molecular weight excluding hydrogens is 370 g/mol. The zero-order valence-corrected chi connectivity index (χ0v) is 13.4. The lowest BCUT2D eigenvalue weighted by molar-refractivity contribution is 0.601. The van der Waals surface area contributed by atoms with Crippen LogP contribution in [-0.4, -0.2) is 18.4 Å². The first-order chi connectivity index (χ1) is 8.88. The molecule has 19 heavy (non-hydrogen) atoms. The van der Waals surface area contributed by atoms with E-state index in [1.54, 1.807) is 12.1 Å². The first-order valence-electron chi connectivity index (χ1n) is 4.92. The van der Waals surface area contributed by atoms with Crippen molar-refractivity contribution in [3.05, 3.63) is 39.8 Å². The van der Waals surface area contributed by atoms with Gasteiger partial charge in [-0.2, -0.15) is 0 Å². The van der Waals surface area contributed by atoms with Crippen LogP contribution in [0.1, 0.15) is 5.56 Å². The van der Waals surface area contributed by atoms with E-state index in [4.69, 9.17) is 18.0 Å². The van der Waals surface area contributed by atoms with Crippen molar-refractivity contribution in [2.24, 2.45) is 5.73 Å². The number of nitrogens with zero attached hydrogens (tertiary/aromatic N) is 1. The van der Waals surface area contributed by atoms with Crippen LogP contribution in [0.25, 0.3) is 0 Å². The van der Waals surface area contributed by atoms with E-state index in [-0.39, 0.29) is 9.88 Å². The largest absolute Gasteiger partial charge is 0.389 e. The van der Waals surface area contributed by atoms with Gasteiger partial charge in [0, 0.05) is 5.56 Å². The van der Waals surface area contributed by atoms with Crippen molar-refractivity contribution in [3.63, 3.8) is 0 Å². The van der Waals surface area contributed by atoms with Gasteiger partial charge in [-0.3, -0.25) is 4.72 Å². The van der Waals surface area contributed by atoms with Crippen LogP contribution in [0.5, 0.6) is 0 Å². The van der Waals surface area contributed by atoms with E-state index in [2.05, 4.69) is 25.6 Å². The summed E-state index contributed by atoms with van der Waals surface area (Å²) in [7, 11) is -3.65. The summed E-state index contributed by atoms with van der Waals surface area (Å²) in [6.45, 7) is 0. The summed E-state index contributed by atoms with van der Waals surface area (Å²) in [5, 5.41) is 0.297. The Bertz CT molecular complexity index is 710. The molecule has 100 valence electrons. The van der Waals surface area contributed by atoms with Crippen molar-refractivity contribution in [3.8, 4) is 0 Å². The zero-order valence-electron chi connectivity index (χ0n) is 9.33. The lowest BCUT2D eigenvalue weighted by atomic mass is 10.2. The van der Waals surface area contributed by atoms with Crippen LogP contribution >= 0.6 is 39.5 Å². The van der Waals surface area contributed by atoms with Gasteiger partial charge in [0.25, 0.3) is 10.0 Å². The molecule has 2 aromatic rings. The molecule has 0 saturated carbocycles. The Morgan fingerprint density at radius 2 is 2.00 bits per heavy atom. The van der Waals surface area contributed by atoms with Crippen LogP contribution in [0.3, 0.4) is 0 Å². The minimum absolute atomic E-state index is 0.124. The third-order valence-corrected chi connectivity index (χ3v) is 5.26. The number of anilines is 1. The third kappa shape index (κ3) is 3.50. The van der Waals surface area contributed by atoms with Gasteiger partial charge >= 0.3 is 0 Å². The van der Waals surface area contributed by atoms with E-state index in [0.717, 1.165) is 3.79 Å². The number of aromatic nitrogens is 1. The van der Waals surface area contributed by atoms with Crippen molar-refractivity contribution in [2.45, 2.75) is 4.90 Å². The first kappa shape index (κ1) is 14.4. The minimum atomic E-state index is -3.65. The Hall–Kier alpha value is -1.03. The Balaban J connectivity index is 2.26. The Labute approximate surface area is 128 Å². The highest BCUT2D eigenvalue weighted by Crippen LogP contribution is 2.25. The fourth-order valence-corrected chi connectivity index (χ4v) is 3.76. The van der Waals surface area contributed by atoms with Crippen LogP contribution in [0.4, 0.5) is 5.13 Å². The number of hydrogen-bond donors (Lipinski definition) is 2. The number of halogens is 1. The van der Waals surface area contributed by atoms with Gasteiger partial charge in [0.2, 0.25) is 0 Å². The maximum absolute atomic E-state index is 12.1. The van der Waals surface area contributed by atoms with E-state index in [9.17, 15) is 8.42 Å². The van der Waals surface area contributed by atoms with Gasteiger partial charge in [-0.25, -0.2) is 13.4 Å². The molecule has 1 aromatic carbocycles. The topological polar surface area (TPSA) is 85.1 Å². The molecule has 0 atom stereocenters. The van der Waals surface area contributed by atoms with Crippen LogP contribution in [0.15, 0.2) is 39.1 Å². The lowest BCUT2D eigenvalue weighted by Crippen LogP contribution is -2.14. The summed E-state index contributed by atoms with van der Waals surface area (Å²) >= 11 is 9.21. The molecule has 0 spiro atoms. The average Bonchev–Trinajstić information content (AvgIpc) is 2.74. The number of nitrogens with two attached hydrogens (primary N) is 1. The molecular formula is C10H8BrN3O2S3. The highest BCUT2D eigenvalue weighted by molar-refractivity contribution is 9.11. The van der Waals surface area contributed by atoms with Gasteiger partial charge < -0.3 is 5.73 Å². The van der Waals surface area contributed by atoms with E-state index in [1.807, 2.05) is 0 Å². The van der Waals surface area contributed by atoms with Crippen molar-refractivity contribution >= 4 is 59.6 Å². The molecule has 0 aliphatic heterocycles. The molecule has 0 saturated heterocycles. The van der Waals surface area contributed by atoms with Gasteiger partial charge in [-0.1, -0.05) is 35.7 Å². The number of nitrogens with one attached hydrogen (secondary N) is 1. The molecule has 2 rings (SSSR count). The number of rotatable bonds is 4. The summed E-state index contributed by atoms with van der Waals surface area (Å²) in [6.07, 6.45) is 1.53. The zero-order chi connectivity index (χ0) is 14.0. The van der Waals surface area contributed by atoms with Crippen LogP contribution in [0.2, 0.25) is 0 Å². The summed E-state index contributed by atoms with van der Waals surface area (Å²) in [5.74, 6) is 0. The van der Waals surface area contributed by atoms with Gasteiger partial charge in [0.15, 0.2) is 5.13 Å². The molecule has 1 aromatic heterocycles. The summed E-state index contributed by atoms with van der Waals surface area (Å²) < 4.78 is 27.3. The molecule has 0 amide bonds. The van der Waals surface area contributed by atoms with E-state index in [1.165, 1.54) is 29.7 Å². The molecule has 5 nitrogen and oxygen atoms in total. The van der Waals surface area contributed by atoms with Gasteiger partial charge in [-0.05, 0) is 28.1 Å². The van der Waals surface area contributed by atoms with Gasteiger partial charge in [-0.15, -0.1) is 0 Å². The Kier molecular flexibility index (Phi) is 4.19. The molecule has 3 N–H and O–H groups in total. The highest BCUT2D eigenvalue weighted by Gasteiger charge is 2.16. The average molecular weight is 378 g/mol. The number of benzene rings is 1. The highest BCUT2D eigenvalue weighted by atomic mass is 79.9. The van der Waals surface area contributed by atoms with Crippen LogP contribution in [0, 0.1) is 0 Å². The van der Waals surface area contributed by atoms with E-state index in [0.29, 0.717) is 10.7 Å². The maximum atomic E-state index is 12.1. The molecule has 0 bridgehead atoms. The van der Waals surface area contributed by atoms with E-state index < -0.39 is 10.0 Å². The Morgan fingerprint density at radius 1 is 1.37 bits per heavy atom. The van der Waals surface area contributed by atoms with Crippen molar-refractivity contribution in [1.29, 1.82) is 0 Å². The minimum Gasteiger partial charge on any atom is -0.389 e. The van der Waals surface area contributed by atoms with Crippen molar-refractivity contribution < 1.29 is 8.42 Å². The molecule has 1 heterocycles. The summed E-state index contributed by atoms with van der Waals surface area (Å²) in [5.41, 5.74) is 6.07. The van der Waals surface area contributed by atoms with E-state index >= 15 is 0 Å². The third-order valence-electron chi connectivity index (χ3n) is 2.15. The quantitative estimate of drug-likeness (QED) is 0.798. The second kappa shape index (κ2) is 5.53.